The molecule has 0 bridgehead atoms. The van der Waals surface area contributed by atoms with Gasteiger partial charge in [-0.15, -0.1) is 0 Å². The number of ether oxygens (including phenoxy) is 2. The minimum Gasteiger partial charge on any atom is -0.381 e. The van der Waals surface area contributed by atoms with Crippen molar-refractivity contribution in [2.75, 3.05) is 53.6 Å². The molecule has 2 rings (SSSR count). The van der Waals surface area contributed by atoms with Crippen LogP contribution in [0.25, 0.3) is 0 Å². The second-order valence-corrected chi connectivity index (χ2v) is 11.4. The van der Waals surface area contributed by atoms with Crippen molar-refractivity contribution < 1.29 is 9.47 Å². The number of H-pyrrole nitrogens is 1. The molecule has 1 aliphatic rings. The molecule has 1 saturated carbocycles. The molecule has 2 N–H and O–H groups in total. The number of nitrogens with one attached hydrogen (secondary N) is 2. The summed E-state index contributed by atoms with van der Waals surface area (Å²) >= 11 is 0. The molecule has 2 unspecified atom stereocenters. The van der Waals surface area contributed by atoms with Crippen molar-refractivity contribution in [3.05, 3.63) is 17.5 Å². The van der Waals surface area contributed by atoms with E-state index in [2.05, 4.69) is 70.1 Å². The molecule has 1 aromatic heterocycles. The fraction of sp³-hybridized carbons (Fsp3) is 0.885. The average Bonchev–Trinajstić information content (AvgIpc) is 3.16. The maximum Gasteiger partial charge on any atom is 0.0698 e. The molecule has 1 aliphatic carbocycles. The molecule has 1 heterocycles. The lowest BCUT2D eigenvalue weighted by Gasteiger charge is -2.48. The van der Waals surface area contributed by atoms with Crippen LogP contribution in [0.15, 0.2) is 6.20 Å². The lowest BCUT2D eigenvalue weighted by molar-refractivity contribution is -0.0565. The summed E-state index contributed by atoms with van der Waals surface area (Å²) in [6.07, 6.45) is 4.35. The Morgan fingerprint density at radius 2 is 1.66 bits per heavy atom. The molecule has 1 aromatic rings. The topological polar surface area (TPSA) is 62.4 Å². The van der Waals surface area contributed by atoms with Gasteiger partial charge in [0, 0.05) is 63.7 Å². The molecule has 0 spiro atoms. The zero-order valence-corrected chi connectivity index (χ0v) is 22.0. The van der Waals surface area contributed by atoms with E-state index >= 15 is 0 Å². The predicted octanol–water partition coefficient (Wildman–Crippen LogP) is 4.54. The molecule has 0 aromatic carbocycles. The van der Waals surface area contributed by atoms with E-state index in [0.717, 1.165) is 58.9 Å². The molecule has 6 nitrogen and oxygen atoms in total. The van der Waals surface area contributed by atoms with E-state index in [0.29, 0.717) is 29.6 Å². The minimum absolute atomic E-state index is 0.185. The predicted molar refractivity (Wildman–Crippen MR) is 133 cm³/mol. The van der Waals surface area contributed by atoms with Crippen LogP contribution in [0.3, 0.4) is 0 Å². The number of aromatic nitrogens is 2. The monoisotopic (exact) mass is 450 g/mol. The van der Waals surface area contributed by atoms with Gasteiger partial charge in [0.2, 0.25) is 0 Å². The number of nitrogens with zero attached hydrogens (tertiary/aromatic N) is 2. The molecular weight excluding hydrogens is 400 g/mol. The van der Waals surface area contributed by atoms with Crippen molar-refractivity contribution >= 4 is 0 Å². The fourth-order valence-electron chi connectivity index (χ4n) is 4.88. The van der Waals surface area contributed by atoms with Crippen LogP contribution in [0.5, 0.6) is 0 Å². The van der Waals surface area contributed by atoms with Crippen LogP contribution in [-0.2, 0) is 16.0 Å². The van der Waals surface area contributed by atoms with Crippen LogP contribution in [0.1, 0.15) is 71.6 Å². The molecule has 0 aliphatic heterocycles. The van der Waals surface area contributed by atoms with E-state index in [9.17, 15) is 0 Å². The van der Waals surface area contributed by atoms with Crippen molar-refractivity contribution in [1.29, 1.82) is 0 Å². The number of aromatic amines is 1. The molecule has 186 valence electrons. The van der Waals surface area contributed by atoms with Crippen LogP contribution in [0.4, 0.5) is 0 Å². The summed E-state index contributed by atoms with van der Waals surface area (Å²) in [5, 5.41) is 11.2. The summed E-state index contributed by atoms with van der Waals surface area (Å²) < 4.78 is 12.4. The molecular formula is C26H50N4O2. The van der Waals surface area contributed by atoms with Crippen molar-refractivity contribution in [3.63, 3.8) is 0 Å². The van der Waals surface area contributed by atoms with Crippen LogP contribution in [0.2, 0.25) is 0 Å². The summed E-state index contributed by atoms with van der Waals surface area (Å²) in [5.41, 5.74) is 2.77. The Morgan fingerprint density at radius 1 is 1.09 bits per heavy atom. The van der Waals surface area contributed by atoms with E-state index in [1.54, 1.807) is 0 Å². The largest absolute Gasteiger partial charge is 0.381 e. The first kappa shape index (κ1) is 27.3. The Kier molecular flexibility index (Phi) is 11.1. The number of likely N-dealkylation sites (N-methyl/N-ethyl adjacent to an activating group) is 2. The minimum atomic E-state index is 0.185. The number of hydrogen-bond donors (Lipinski definition) is 2. The van der Waals surface area contributed by atoms with Gasteiger partial charge in [-0.2, -0.15) is 5.10 Å². The number of hydrogen-bond acceptors (Lipinski definition) is 5. The number of rotatable bonds is 14. The van der Waals surface area contributed by atoms with Crippen LogP contribution < -0.4 is 5.32 Å². The van der Waals surface area contributed by atoms with E-state index in [1.165, 1.54) is 11.3 Å². The van der Waals surface area contributed by atoms with Gasteiger partial charge in [-0.25, -0.2) is 0 Å². The molecule has 2 atom stereocenters. The zero-order chi connectivity index (χ0) is 23.7. The zero-order valence-electron chi connectivity index (χ0n) is 22.0. The summed E-state index contributed by atoms with van der Waals surface area (Å²) in [7, 11) is 4.19. The Bertz CT molecular complexity index is 618. The highest BCUT2D eigenvalue weighted by molar-refractivity contribution is 5.22. The summed E-state index contributed by atoms with van der Waals surface area (Å²) in [5.74, 6) is 2.57. The first-order valence-corrected chi connectivity index (χ1v) is 12.7. The quantitative estimate of drug-likeness (QED) is 0.436. The van der Waals surface area contributed by atoms with Gasteiger partial charge in [-0.05, 0) is 56.0 Å². The van der Waals surface area contributed by atoms with Crippen LogP contribution >= 0.6 is 0 Å². The highest BCUT2D eigenvalue weighted by Gasteiger charge is 2.45. The first-order chi connectivity index (χ1) is 15.1. The third-order valence-corrected chi connectivity index (χ3v) is 7.11. The molecule has 32 heavy (non-hydrogen) atoms. The van der Waals surface area contributed by atoms with E-state index in [1.807, 2.05) is 7.05 Å². The Morgan fingerprint density at radius 3 is 2.16 bits per heavy atom. The molecule has 0 saturated heterocycles. The van der Waals surface area contributed by atoms with Crippen molar-refractivity contribution in [2.45, 2.75) is 66.8 Å². The van der Waals surface area contributed by atoms with Gasteiger partial charge in [0.1, 0.15) is 0 Å². The third kappa shape index (κ3) is 8.12. The van der Waals surface area contributed by atoms with E-state index in [-0.39, 0.29) is 5.41 Å². The highest BCUT2D eigenvalue weighted by Crippen LogP contribution is 2.50. The molecule has 6 heteroatoms. The average molecular weight is 451 g/mol. The van der Waals surface area contributed by atoms with Gasteiger partial charge >= 0.3 is 0 Å². The highest BCUT2D eigenvalue weighted by atomic mass is 16.5. The van der Waals surface area contributed by atoms with E-state index in [4.69, 9.17) is 14.6 Å². The van der Waals surface area contributed by atoms with Crippen molar-refractivity contribution in [2.24, 2.45) is 29.1 Å². The summed E-state index contributed by atoms with van der Waals surface area (Å²) in [4.78, 5) is 2.37. The molecule has 1 fully saturated rings. The standard InChI is InChI=1S/C26H50N4O2/c1-19(2)15-31-17-23-11-21(12-24(26(23,5)6)18-32-16-20(3)4)25-22(13-28-29-25)14-30(8)10-9-27-7/h13,19-21,23-24,27H,9-12,14-18H2,1-8H3,(H,28,29). The van der Waals surface area contributed by atoms with Crippen molar-refractivity contribution in [3.8, 4) is 0 Å². The third-order valence-electron chi connectivity index (χ3n) is 7.11. The molecule has 0 amide bonds. The second-order valence-electron chi connectivity index (χ2n) is 11.4. The van der Waals surface area contributed by atoms with Gasteiger partial charge in [0.05, 0.1) is 5.69 Å². The summed E-state index contributed by atoms with van der Waals surface area (Å²) in [6.45, 7) is 20.0. The summed E-state index contributed by atoms with van der Waals surface area (Å²) in [6, 6.07) is 0. The Labute approximate surface area is 197 Å². The van der Waals surface area contributed by atoms with E-state index < -0.39 is 0 Å². The lowest BCUT2D eigenvalue weighted by Crippen LogP contribution is -2.44. The van der Waals surface area contributed by atoms with Gasteiger partial charge in [-0.1, -0.05) is 41.5 Å². The van der Waals surface area contributed by atoms with Crippen molar-refractivity contribution in [1.82, 2.24) is 20.4 Å². The SMILES string of the molecule is CNCCN(C)Cc1c[nH]nc1C1CC(COCC(C)C)C(C)(C)C(COCC(C)C)C1. The second kappa shape index (κ2) is 13.1. The Hall–Kier alpha value is -0.950. The van der Waals surface area contributed by atoms with Gasteiger partial charge in [0.25, 0.3) is 0 Å². The van der Waals surface area contributed by atoms with Crippen LogP contribution in [0, 0.1) is 29.1 Å². The first-order valence-electron chi connectivity index (χ1n) is 12.7. The Balaban J connectivity index is 2.16. The maximum absolute atomic E-state index is 6.18. The van der Waals surface area contributed by atoms with Gasteiger partial charge in [-0.3, -0.25) is 5.10 Å². The van der Waals surface area contributed by atoms with Gasteiger partial charge in [0.15, 0.2) is 0 Å². The normalized spacial score (nSPS) is 23.5. The fourth-order valence-corrected chi connectivity index (χ4v) is 4.88. The smallest absolute Gasteiger partial charge is 0.0698 e. The van der Waals surface area contributed by atoms with Gasteiger partial charge < -0.3 is 19.7 Å². The molecule has 0 radical (unpaired) electrons. The maximum atomic E-state index is 6.18. The van der Waals surface area contributed by atoms with Crippen LogP contribution in [-0.4, -0.2) is 68.7 Å². The lowest BCUT2D eigenvalue weighted by atomic mass is 9.59.